The van der Waals surface area contributed by atoms with Crippen LogP contribution in [0.5, 0.6) is 0 Å². The van der Waals surface area contributed by atoms with Crippen molar-refractivity contribution in [3.05, 3.63) is 76.5 Å². The van der Waals surface area contributed by atoms with E-state index in [1.807, 2.05) is 12.1 Å². The molecular weight excluding hydrogens is 591 g/mol. The van der Waals surface area contributed by atoms with Gasteiger partial charge in [-0.25, -0.2) is 4.39 Å². The molecule has 1 saturated heterocycles. The summed E-state index contributed by atoms with van der Waals surface area (Å²) in [5.41, 5.74) is 11.0. The monoisotopic (exact) mass is 632 g/mol. The number of aromatic nitrogens is 1. The van der Waals surface area contributed by atoms with Gasteiger partial charge in [-0.3, -0.25) is 14.9 Å². The average molecular weight is 633 g/mol. The topological polar surface area (TPSA) is 112 Å². The molecule has 2 fully saturated rings. The van der Waals surface area contributed by atoms with Crippen LogP contribution in [0.1, 0.15) is 76.5 Å². The van der Waals surface area contributed by atoms with Crippen molar-refractivity contribution in [2.45, 2.75) is 89.1 Å². The first-order valence-electron chi connectivity index (χ1n) is 15.8. The van der Waals surface area contributed by atoms with Crippen LogP contribution in [0.3, 0.4) is 0 Å². The highest BCUT2D eigenvalue weighted by Gasteiger charge is 2.32. The Kier molecular flexibility index (Phi) is 9.07. The van der Waals surface area contributed by atoms with Crippen LogP contribution in [0.2, 0.25) is 5.02 Å². The van der Waals surface area contributed by atoms with Gasteiger partial charge in [-0.15, -0.1) is 5.53 Å². The van der Waals surface area contributed by atoms with E-state index >= 15 is 0 Å². The van der Waals surface area contributed by atoms with Crippen LogP contribution < -0.4 is 21.6 Å². The molecule has 2 aliphatic heterocycles. The number of aliphatic hydroxyl groups excluding tert-OH is 1. The number of benzene rings is 2. The number of nitrogens with zero attached hydrogens (tertiary/aromatic N) is 4. The van der Waals surface area contributed by atoms with Gasteiger partial charge in [-0.05, 0) is 89.1 Å². The second-order valence-electron chi connectivity index (χ2n) is 13.4. The molecule has 6 rings (SSSR count). The molecule has 5 N–H and O–H groups in total. The van der Waals surface area contributed by atoms with E-state index in [4.69, 9.17) is 11.6 Å². The minimum atomic E-state index is -0.362. The molecule has 3 aromatic rings. The Bertz CT molecular complexity index is 1590. The smallest absolute Gasteiger partial charge is 0.123 e. The molecule has 1 aliphatic carbocycles. The Morgan fingerprint density at radius 2 is 1.89 bits per heavy atom. The Morgan fingerprint density at radius 1 is 1.13 bits per heavy atom. The molecule has 0 amide bonds. The lowest BCUT2D eigenvalue weighted by molar-refractivity contribution is 0.0570. The predicted molar refractivity (Wildman–Crippen MR) is 177 cm³/mol. The number of halogens is 2. The first-order chi connectivity index (χ1) is 21.6. The lowest BCUT2D eigenvalue weighted by atomic mass is 9.92. The molecule has 238 valence electrons. The number of hydrazine groups is 2. The van der Waals surface area contributed by atoms with Gasteiger partial charge >= 0.3 is 0 Å². The van der Waals surface area contributed by atoms with E-state index in [0.717, 1.165) is 67.5 Å². The second-order valence-corrected chi connectivity index (χ2v) is 13.8. The lowest BCUT2D eigenvalue weighted by Crippen LogP contribution is -2.52. The molecule has 3 atom stereocenters. The van der Waals surface area contributed by atoms with E-state index < -0.39 is 0 Å². The third kappa shape index (κ3) is 6.97. The van der Waals surface area contributed by atoms with Gasteiger partial charge in [0.05, 0.1) is 39.6 Å². The van der Waals surface area contributed by atoms with Gasteiger partial charge in [-0.1, -0.05) is 23.7 Å². The van der Waals surface area contributed by atoms with Crippen molar-refractivity contribution in [3.8, 4) is 6.07 Å². The largest absolute Gasteiger partial charge is 0.393 e. The van der Waals surface area contributed by atoms with Crippen molar-refractivity contribution in [1.29, 1.82) is 5.26 Å². The zero-order valence-corrected chi connectivity index (χ0v) is 26.8. The van der Waals surface area contributed by atoms with Crippen molar-refractivity contribution in [2.75, 3.05) is 23.7 Å². The maximum absolute atomic E-state index is 14.0. The number of hydrogen-bond acceptors (Lipinski definition) is 9. The highest BCUT2D eigenvalue weighted by Crippen LogP contribution is 2.37. The quantitative estimate of drug-likeness (QED) is 0.208. The summed E-state index contributed by atoms with van der Waals surface area (Å²) in [5.74, 6) is -0.302. The third-order valence-corrected chi connectivity index (χ3v) is 9.57. The van der Waals surface area contributed by atoms with Crippen LogP contribution in [-0.4, -0.2) is 56.8 Å². The third-order valence-electron chi connectivity index (χ3n) is 9.28. The summed E-state index contributed by atoms with van der Waals surface area (Å²) in [6.07, 6.45) is 8.57. The standard InChI is InChI=1S/C34H42ClFN8O/c1-34(2,3)43-13-11-26(12-14-43)44-20-30(41-42-44)32(21-7-9-23(36)10-8-21)40-25-16-28-31(39-24-5-4-6-27(45)15-24)22(18-37)19-38-33(28)29(35)17-25/h7-10,16-17,19-20,24,26-27,32,40-42,45H,4-6,11-15H2,1-3H3,(H,38,39)/t24?,27?,32-/m0/s1. The highest BCUT2D eigenvalue weighted by atomic mass is 35.5. The van der Waals surface area contributed by atoms with Gasteiger partial charge in [0.15, 0.2) is 0 Å². The van der Waals surface area contributed by atoms with Crippen molar-refractivity contribution < 1.29 is 9.50 Å². The number of hydrogen-bond donors (Lipinski definition) is 5. The second kappa shape index (κ2) is 13.0. The first kappa shape index (κ1) is 31.4. The number of aliphatic hydroxyl groups is 1. The molecule has 0 spiro atoms. The molecule has 3 aliphatic rings. The van der Waals surface area contributed by atoms with Crippen LogP contribution in [0, 0.1) is 17.1 Å². The fourth-order valence-corrected chi connectivity index (χ4v) is 7.01. The first-order valence-corrected chi connectivity index (χ1v) is 16.2. The van der Waals surface area contributed by atoms with Crippen LogP contribution in [0.15, 0.2) is 54.5 Å². The fourth-order valence-electron chi connectivity index (χ4n) is 6.75. The van der Waals surface area contributed by atoms with E-state index in [2.05, 4.69) is 69.5 Å². The van der Waals surface area contributed by atoms with E-state index in [-0.39, 0.29) is 29.5 Å². The molecule has 1 aromatic heterocycles. The van der Waals surface area contributed by atoms with E-state index in [1.54, 1.807) is 18.3 Å². The number of nitrogens with one attached hydrogen (secondary N) is 4. The Hall–Kier alpha value is -3.62. The summed E-state index contributed by atoms with van der Waals surface area (Å²) in [5, 5.41) is 30.7. The van der Waals surface area contributed by atoms with E-state index in [0.29, 0.717) is 34.3 Å². The van der Waals surface area contributed by atoms with Gasteiger partial charge in [0.25, 0.3) is 0 Å². The number of piperidine rings is 1. The molecule has 3 heterocycles. The summed E-state index contributed by atoms with van der Waals surface area (Å²) in [4.78, 5) is 7.03. The number of rotatable bonds is 7. The summed E-state index contributed by atoms with van der Waals surface area (Å²) in [6, 6.07) is 12.5. The SMILES string of the molecule is CC(C)(C)N1CCC(N2C=C([C@@H](Nc3cc(Cl)c4ncc(C#N)c(NC5CCCC(O)C5)c4c3)c3ccc(F)cc3)NN2)CC1. The number of likely N-dealkylation sites (tertiary alicyclic amines) is 1. The van der Waals surface area contributed by atoms with Crippen LogP contribution in [-0.2, 0) is 0 Å². The minimum absolute atomic E-state index is 0.0361. The fraction of sp³-hybridized carbons (Fsp3) is 0.471. The van der Waals surface area contributed by atoms with Gasteiger partial charge in [0.1, 0.15) is 11.9 Å². The van der Waals surface area contributed by atoms with Crippen LogP contribution >= 0.6 is 11.6 Å². The van der Waals surface area contributed by atoms with Crippen molar-refractivity contribution >= 4 is 33.9 Å². The Balaban J connectivity index is 1.31. The van der Waals surface area contributed by atoms with E-state index in [9.17, 15) is 14.8 Å². The zero-order valence-electron chi connectivity index (χ0n) is 26.1. The van der Waals surface area contributed by atoms with Gasteiger partial charge in [0.2, 0.25) is 0 Å². The number of fused-ring (bicyclic) bond motifs is 1. The Morgan fingerprint density at radius 3 is 2.58 bits per heavy atom. The van der Waals surface area contributed by atoms with Crippen LogP contribution in [0.4, 0.5) is 15.8 Å². The summed E-state index contributed by atoms with van der Waals surface area (Å²) < 4.78 is 14.0. The molecule has 11 heteroatoms. The van der Waals surface area contributed by atoms with Crippen molar-refractivity contribution in [2.24, 2.45) is 0 Å². The molecular formula is C34H42ClFN8O. The molecule has 2 aromatic carbocycles. The summed E-state index contributed by atoms with van der Waals surface area (Å²) in [6.45, 7) is 8.83. The van der Waals surface area contributed by atoms with Crippen LogP contribution in [0.25, 0.3) is 10.9 Å². The maximum Gasteiger partial charge on any atom is 0.123 e. The van der Waals surface area contributed by atoms with Crippen molar-refractivity contribution in [3.63, 3.8) is 0 Å². The zero-order chi connectivity index (χ0) is 31.7. The average Bonchev–Trinajstić information content (AvgIpc) is 3.51. The number of pyridine rings is 1. The minimum Gasteiger partial charge on any atom is -0.393 e. The highest BCUT2D eigenvalue weighted by molar-refractivity contribution is 6.35. The molecule has 1 saturated carbocycles. The molecule has 0 radical (unpaired) electrons. The number of nitriles is 1. The maximum atomic E-state index is 14.0. The van der Waals surface area contributed by atoms with E-state index in [1.165, 1.54) is 12.1 Å². The van der Waals surface area contributed by atoms with Gasteiger partial charge in [0, 0.05) is 54.2 Å². The number of anilines is 2. The predicted octanol–water partition coefficient (Wildman–Crippen LogP) is 6.20. The summed E-state index contributed by atoms with van der Waals surface area (Å²) >= 11 is 6.82. The van der Waals surface area contributed by atoms with Crippen molar-refractivity contribution in [1.82, 2.24) is 25.9 Å². The van der Waals surface area contributed by atoms with Gasteiger partial charge in [-0.2, -0.15) is 5.26 Å². The summed E-state index contributed by atoms with van der Waals surface area (Å²) in [7, 11) is 0. The normalized spacial score (nSPS) is 22.1. The molecule has 2 unspecified atom stereocenters. The molecule has 45 heavy (non-hydrogen) atoms. The van der Waals surface area contributed by atoms with Gasteiger partial charge < -0.3 is 21.2 Å². The lowest BCUT2D eigenvalue weighted by Gasteiger charge is -2.42. The molecule has 0 bridgehead atoms. The Labute approximate surface area is 269 Å². The molecule has 9 nitrogen and oxygen atoms in total.